The van der Waals surface area contributed by atoms with Gasteiger partial charge in [-0.3, -0.25) is 0 Å². The number of halogens is 2. The second kappa shape index (κ2) is 2.45. The van der Waals surface area contributed by atoms with E-state index in [9.17, 15) is 17.2 Å². The first-order chi connectivity index (χ1) is 4.54. The number of alkyl halides is 2. The molecule has 0 aliphatic carbocycles. The Morgan fingerprint density at radius 2 is 2.00 bits per heavy atom. The Kier molecular flexibility index (Phi) is 1.94. The van der Waals surface area contributed by atoms with Crippen LogP contribution in [0.25, 0.3) is 0 Å². The minimum Gasteiger partial charge on any atom is -0.228 e. The van der Waals surface area contributed by atoms with Gasteiger partial charge in [0.1, 0.15) is 5.25 Å². The Morgan fingerprint density at radius 3 is 2.20 bits per heavy atom. The van der Waals surface area contributed by atoms with E-state index in [0.717, 1.165) is 0 Å². The van der Waals surface area contributed by atoms with E-state index < -0.39 is 21.5 Å². The summed E-state index contributed by atoms with van der Waals surface area (Å²) in [7, 11) is -3.44. The molecule has 0 amide bonds. The smallest absolute Gasteiger partial charge is 0.228 e. The van der Waals surface area contributed by atoms with Gasteiger partial charge in [-0.25, -0.2) is 17.2 Å². The quantitative estimate of drug-likeness (QED) is 0.584. The van der Waals surface area contributed by atoms with Gasteiger partial charge in [-0.05, 0) is 12.8 Å². The molecule has 1 atom stereocenters. The van der Waals surface area contributed by atoms with Gasteiger partial charge in [0.05, 0.1) is 5.75 Å². The lowest BCUT2D eigenvalue weighted by Crippen LogP contribution is -2.23. The van der Waals surface area contributed by atoms with Gasteiger partial charge in [-0.2, -0.15) is 0 Å². The molecule has 5 heteroatoms. The van der Waals surface area contributed by atoms with E-state index in [0.29, 0.717) is 6.42 Å². The molecule has 0 N–H and O–H groups in total. The molecule has 1 unspecified atom stereocenters. The Labute approximate surface area is 58.1 Å². The highest BCUT2D eigenvalue weighted by atomic mass is 32.2. The van der Waals surface area contributed by atoms with Crippen LogP contribution in [0.3, 0.4) is 0 Å². The van der Waals surface area contributed by atoms with Crippen molar-refractivity contribution in [2.75, 3.05) is 5.75 Å². The first-order valence-corrected chi connectivity index (χ1v) is 4.75. The average Bonchev–Trinajstić information content (AvgIpc) is 2.08. The maximum atomic E-state index is 11.9. The van der Waals surface area contributed by atoms with Gasteiger partial charge in [-0.15, -0.1) is 0 Å². The normalized spacial score (nSPS) is 31.3. The second-order valence-electron chi connectivity index (χ2n) is 2.38. The van der Waals surface area contributed by atoms with Gasteiger partial charge in [0.25, 0.3) is 6.43 Å². The van der Waals surface area contributed by atoms with Crippen molar-refractivity contribution >= 4 is 9.84 Å². The van der Waals surface area contributed by atoms with Crippen LogP contribution in [0.4, 0.5) is 8.78 Å². The van der Waals surface area contributed by atoms with Crippen LogP contribution in [0.2, 0.25) is 0 Å². The molecule has 1 fully saturated rings. The van der Waals surface area contributed by atoms with E-state index in [1.165, 1.54) is 0 Å². The van der Waals surface area contributed by atoms with Gasteiger partial charge in [-0.1, -0.05) is 0 Å². The van der Waals surface area contributed by atoms with E-state index in [1.54, 1.807) is 0 Å². The third-order valence-corrected chi connectivity index (χ3v) is 3.88. The second-order valence-corrected chi connectivity index (χ2v) is 4.72. The maximum Gasteiger partial charge on any atom is 0.255 e. The summed E-state index contributed by atoms with van der Waals surface area (Å²) in [5.74, 6) is -0.0675. The molecule has 1 saturated heterocycles. The van der Waals surface area contributed by atoms with Crippen LogP contribution in [0.15, 0.2) is 0 Å². The van der Waals surface area contributed by atoms with Crippen molar-refractivity contribution in [3.8, 4) is 0 Å². The van der Waals surface area contributed by atoms with Crippen LogP contribution in [-0.4, -0.2) is 25.8 Å². The molecule has 0 spiro atoms. The van der Waals surface area contributed by atoms with Crippen LogP contribution in [0.1, 0.15) is 12.8 Å². The molecule has 1 heterocycles. The van der Waals surface area contributed by atoms with Gasteiger partial charge in [0.15, 0.2) is 9.84 Å². The van der Waals surface area contributed by atoms with Crippen molar-refractivity contribution in [3.63, 3.8) is 0 Å². The Hall–Kier alpha value is -0.190. The fraction of sp³-hybridized carbons (Fsp3) is 1.00. The number of hydrogen-bond donors (Lipinski definition) is 0. The molecule has 0 saturated carbocycles. The molecule has 0 aromatic carbocycles. The molecule has 1 aliphatic heterocycles. The summed E-state index contributed by atoms with van der Waals surface area (Å²) in [6, 6.07) is 0. The molecule has 0 bridgehead atoms. The lowest BCUT2D eigenvalue weighted by atomic mass is 10.3. The van der Waals surface area contributed by atoms with Crippen LogP contribution < -0.4 is 0 Å². The average molecular weight is 170 g/mol. The molecule has 60 valence electrons. The van der Waals surface area contributed by atoms with E-state index in [-0.39, 0.29) is 12.2 Å². The van der Waals surface area contributed by atoms with Crippen molar-refractivity contribution < 1.29 is 17.2 Å². The van der Waals surface area contributed by atoms with Crippen molar-refractivity contribution in [1.82, 2.24) is 0 Å². The SMILES string of the molecule is O=S1(=O)CCCC1C(F)F. The first-order valence-electron chi connectivity index (χ1n) is 3.04. The van der Waals surface area contributed by atoms with Crippen LogP contribution >= 0.6 is 0 Å². The summed E-state index contributed by atoms with van der Waals surface area (Å²) in [6.45, 7) is 0. The van der Waals surface area contributed by atoms with Gasteiger partial charge in [0, 0.05) is 0 Å². The number of rotatable bonds is 1. The zero-order valence-corrected chi connectivity index (χ0v) is 6.07. The molecule has 2 nitrogen and oxygen atoms in total. The summed E-state index contributed by atoms with van der Waals surface area (Å²) in [5, 5.41) is -1.38. The predicted molar refractivity (Wildman–Crippen MR) is 32.8 cm³/mol. The summed E-state index contributed by atoms with van der Waals surface area (Å²) in [6.07, 6.45) is -2.19. The molecule has 1 aliphatic rings. The lowest BCUT2D eigenvalue weighted by Gasteiger charge is -2.05. The molecular weight excluding hydrogens is 162 g/mol. The zero-order chi connectivity index (χ0) is 7.78. The van der Waals surface area contributed by atoms with E-state index in [4.69, 9.17) is 0 Å². The van der Waals surface area contributed by atoms with Crippen LogP contribution in [-0.2, 0) is 9.84 Å². The maximum absolute atomic E-state index is 11.9. The Morgan fingerprint density at radius 1 is 1.40 bits per heavy atom. The zero-order valence-electron chi connectivity index (χ0n) is 5.26. The Bertz CT molecular complexity index is 210. The fourth-order valence-electron chi connectivity index (χ4n) is 1.10. The van der Waals surface area contributed by atoms with Crippen LogP contribution in [0, 0.1) is 0 Å². The monoisotopic (exact) mass is 170 g/mol. The molecule has 0 aromatic heterocycles. The fourth-order valence-corrected chi connectivity index (χ4v) is 2.81. The minimum atomic E-state index is -3.44. The van der Waals surface area contributed by atoms with E-state index >= 15 is 0 Å². The largest absolute Gasteiger partial charge is 0.255 e. The molecule has 1 rings (SSSR count). The van der Waals surface area contributed by atoms with Crippen LogP contribution in [0.5, 0.6) is 0 Å². The highest BCUT2D eigenvalue weighted by Crippen LogP contribution is 2.24. The van der Waals surface area contributed by atoms with Gasteiger partial charge in [0.2, 0.25) is 0 Å². The highest BCUT2D eigenvalue weighted by Gasteiger charge is 2.37. The summed E-state index contributed by atoms with van der Waals surface area (Å²) in [4.78, 5) is 0. The van der Waals surface area contributed by atoms with E-state index in [1.807, 2.05) is 0 Å². The summed E-state index contributed by atoms with van der Waals surface area (Å²) in [5.41, 5.74) is 0. The minimum absolute atomic E-state index is 0.0675. The summed E-state index contributed by atoms with van der Waals surface area (Å²) < 4.78 is 45.2. The van der Waals surface area contributed by atoms with Crippen molar-refractivity contribution in [2.24, 2.45) is 0 Å². The van der Waals surface area contributed by atoms with Crippen molar-refractivity contribution in [2.45, 2.75) is 24.5 Å². The van der Waals surface area contributed by atoms with Crippen molar-refractivity contribution in [1.29, 1.82) is 0 Å². The lowest BCUT2D eigenvalue weighted by molar-refractivity contribution is 0.141. The molecule has 0 aromatic rings. The van der Waals surface area contributed by atoms with E-state index in [2.05, 4.69) is 0 Å². The predicted octanol–water partition coefficient (Wildman–Crippen LogP) is 0.829. The first kappa shape index (κ1) is 7.91. The Balaban J connectivity index is 2.79. The van der Waals surface area contributed by atoms with Gasteiger partial charge < -0.3 is 0 Å². The highest BCUT2D eigenvalue weighted by molar-refractivity contribution is 7.92. The third kappa shape index (κ3) is 1.28. The standard InChI is InChI=1S/C5H8F2O2S/c6-5(7)4-2-1-3-10(4,8)9/h4-5H,1-3H2. The topological polar surface area (TPSA) is 34.1 Å². The summed E-state index contributed by atoms with van der Waals surface area (Å²) >= 11 is 0. The molecule has 0 radical (unpaired) electrons. The van der Waals surface area contributed by atoms with Crippen molar-refractivity contribution in [3.05, 3.63) is 0 Å². The number of sulfone groups is 1. The third-order valence-electron chi connectivity index (χ3n) is 1.66. The molecular formula is C5H8F2O2S. The van der Waals surface area contributed by atoms with Gasteiger partial charge >= 0.3 is 0 Å². The number of hydrogen-bond acceptors (Lipinski definition) is 2. The molecule has 10 heavy (non-hydrogen) atoms.